The van der Waals surface area contributed by atoms with Crippen molar-refractivity contribution in [1.82, 2.24) is 15.4 Å². The zero-order valence-electron chi connectivity index (χ0n) is 16.1. The summed E-state index contributed by atoms with van der Waals surface area (Å²) >= 11 is 0. The Hall–Kier alpha value is -2.84. The largest absolute Gasteiger partial charge is 0.459 e. The number of para-hydroxylation sites is 1. The van der Waals surface area contributed by atoms with Crippen molar-refractivity contribution < 1.29 is 12.8 Å². The van der Waals surface area contributed by atoms with Gasteiger partial charge >= 0.3 is 0 Å². The van der Waals surface area contributed by atoms with Crippen molar-refractivity contribution in [3.63, 3.8) is 0 Å². The van der Waals surface area contributed by atoms with E-state index >= 15 is 0 Å². The summed E-state index contributed by atoms with van der Waals surface area (Å²) in [7, 11) is -0.331. The lowest BCUT2D eigenvalue weighted by Gasteiger charge is -2.12. The predicted molar refractivity (Wildman–Crippen MR) is 111 cm³/mol. The molecular formula is C20H24N4O3S. The summed E-state index contributed by atoms with van der Waals surface area (Å²) in [6, 6.07) is 14.7. The minimum Gasteiger partial charge on any atom is -0.459 e. The first-order valence-electron chi connectivity index (χ1n) is 8.88. The molecule has 28 heavy (non-hydrogen) atoms. The van der Waals surface area contributed by atoms with Gasteiger partial charge in [-0.15, -0.1) is 0 Å². The lowest BCUT2D eigenvalue weighted by atomic mass is 10.1. The van der Waals surface area contributed by atoms with Gasteiger partial charge in [-0.3, -0.25) is 4.99 Å². The summed E-state index contributed by atoms with van der Waals surface area (Å²) in [4.78, 5) is 4.46. The van der Waals surface area contributed by atoms with E-state index in [1.54, 1.807) is 31.3 Å². The van der Waals surface area contributed by atoms with Gasteiger partial charge in [0.1, 0.15) is 11.3 Å². The first-order valence-corrected chi connectivity index (χ1v) is 10.4. The number of aryl methyl sites for hydroxylation is 1. The molecule has 8 heteroatoms. The van der Waals surface area contributed by atoms with Crippen molar-refractivity contribution in [2.75, 3.05) is 14.1 Å². The van der Waals surface area contributed by atoms with Gasteiger partial charge in [0.05, 0.1) is 11.4 Å². The Balaban J connectivity index is 1.59. The van der Waals surface area contributed by atoms with Gasteiger partial charge in [0.25, 0.3) is 0 Å². The summed E-state index contributed by atoms with van der Waals surface area (Å²) in [6.07, 6.45) is 0. The summed E-state index contributed by atoms with van der Waals surface area (Å²) < 4.78 is 31.7. The molecule has 0 saturated heterocycles. The number of hydrogen-bond donors (Lipinski definition) is 3. The van der Waals surface area contributed by atoms with Crippen LogP contribution in [0, 0.1) is 6.92 Å². The number of sulfonamides is 1. The topological polar surface area (TPSA) is 95.7 Å². The lowest BCUT2D eigenvalue weighted by Crippen LogP contribution is -2.36. The average molecular weight is 401 g/mol. The summed E-state index contributed by atoms with van der Waals surface area (Å²) in [5.74, 6) is 1.50. The fourth-order valence-electron chi connectivity index (χ4n) is 2.87. The molecule has 3 aromatic rings. The van der Waals surface area contributed by atoms with Crippen LogP contribution in [-0.4, -0.2) is 28.5 Å². The normalized spacial score (nSPS) is 12.3. The zero-order chi connectivity index (χ0) is 20.1. The number of rotatable bonds is 6. The van der Waals surface area contributed by atoms with E-state index in [-0.39, 0.29) is 4.90 Å². The smallest absolute Gasteiger partial charge is 0.240 e. The average Bonchev–Trinajstić information content (AvgIpc) is 3.04. The quantitative estimate of drug-likeness (QED) is 0.436. The van der Waals surface area contributed by atoms with Gasteiger partial charge in [-0.25, -0.2) is 13.1 Å². The van der Waals surface area contributed by atoms with Crippen LogP contribution < -0.4 is 15.4 Å². The minimum atomic E-state index is -3.42. The highest BCUT2D eigenvalue weighted by Crippen LogP contribution is 2.24. The number of aliphatic imine (C=N–C) groups is 1. The number of hydrogen-bond acceptors (Lipinski definition) is 4. The minimum absolute atomic E-state index is 0.238. The molecule has 2 aromatic carbocycles. The summed E-state index contributed by atoms with van der Waals surface area (Å²) in [6.45, 7) is 3.07. The van der Waals surface area contributed by atoms with Gasteiger partial charge in [0.2, 0.25) is 10.0 Å². The maximum atomic E-state index is 11.8. The Morgan fingerprint density at radius 1 is 1.04 bits per heavy atom. The molecule has 0 atom stereocenters. The van der Waals surface area contributed by atoms with E-state index in [0.717, 1.165) is 27.9 Å². The standard InChI is InChI=1S/C20H24N4O3S/c1-14-17-6-4-5-7-18(17)27-19(14)13-24-20(21-2)23-12-15-8-10-16(11-9-15)28(25,26)22-3/h4-11,22H,12-13H2,1-3H3,(H2,21,23,24). The maximum Gasteiger partial charge on any atom is 0.240 e. The molecular weight excluding hydrogens is 376 g/mol. The Morgan fingerprint density at radius 3 is 2.36 bits per heavy atom. The highest BCUT2D eigenvalue weighted by atomic mass is 32.2. The van der Waals surface area contributed by atoms with Crippen molar-refractivity contribution in [3.05, 3.63) is 65.4 Å². The first kappa shape index (κ1) is 19.9. The molecule has 148 valence electrons. The third-order valence-corrected chi connectivity index (χ3v) is 5.98. The molecule has 3 N–H and O–H groups in total. The van der Waals surface area contributed by atoms with Crippen LogP contribution in [0.15, 0.2) is 62.8 Å². The second-order valence-electron chi connectivity index (χ2n) is 6.28. The van der Waals surface area contributed by atoms with E-state index in [9.17, 15) is 8.42 Å². The predicted octanol–water partition coefficient (Wildman–Crippen LogP) is 2.51. The number of nitrogens with zero attached hydrogens (tertiary/aromatic N) is 1. The van der Waals surface area contributed by atoms with Crippen LogP contribution in [0.3, 0.4) is 0 Å². The highest BCUT2D eigenvalue weighted by Gasteiger charge is 2.11. The molecule has 1 aromatic heterocycles. The van der Waals surface area contributed by atoms with E-state index in [1.807, 2.05) is 31.2 Å². The molecule has 0 radical (unpaired) electrons. The number of benzene rings is 2. The van der Waals surface area contributed by atoms with Crippen LogP contribution in [0.1, 0.15) is 16.9 Å². The van der Waals surface area contributed by atoms with Gasteiger partial charge in [0, 0.05) is 24.5 Å². The van der Waals surface area contributed by atoms with Gasteiger partial charge in [0.15, 0.2) is 5.96 Å². The Bertz CT molecular complexity index is 1090. The molecule has 0 fully saturated rings. The first-order chi connectivity index (χ1) is 13.4. The van der Waals surface area contributed by atoms with Crippen LogP contribution in [0.5, 0.6) is 0 Å². The molecule has 0 aliphatic carbocycles. The van der Waals surface area contributed by atoms with Crippen LogP contribution in [0.4, 0.5) is 0 Å². The second kappa shape index (κ2) is 8.45. The highest BCUT2D eigenvalue weighted by molar-refractivity contribution is 7.89. The number of guanidine groups is 1. The molecule has 1 heterocycles. The molecule has 0 saturated carbocycles. The van der Waals surface area contributed by atoms with E-state index in [2.05, 4.69) is 20.3 Å². The van der Waals surface area contributed by atoms with Crippen molar-refractivity contribution in [1.29, 1.82) is 0 Å². The van der Waals surface area contributed by atoms with E-state index in [4.69, 9.17) is 4.42 Å². The molecule has 7 nitrogen and oxygen atoms in total. The third-order valence-electron chi connectivity index (χ3n) is 4.54. The number of fused-ring (bicyclic) bond motifs is 1. The maximum absolute atomic E-state index is 11.8. The molecule has 0 unspecified atom stereocenters. The number of nitrogens with one attached hydrogen (secondary N) is 3. The zero-order valence-corrected chi connectivity index (χ0v) is 16.9. The summed E-state index contributed by atoms with van der Waals surface area (Å²) in [5, 5.41) is 7.57. The van der Waals surface area contributed by atoms with E-state index in [0.29, 0.717) is 19.0 Å². The van der Waals surface area contributed by atoms with E-state index < -0.39 is 10.0 Å². The fourth-order valence-corrected chi connectivity index (χ4v) is 3.60. The molecule has 0 amide bonds. The molecule has 0 bridgehead atoms. The van der Waals surface area contributed by atoms with Crippen LogP contribution >= 0.6 is 0 Å². The Morgan fingerprint density at radius 2 is 1.71 bits per heavy atom. The Labute approximate surface area is 164 Å². The van der Waals surface area contributed by atoms with Crippen molar-refractivity contribution in [2.45, 2.75) is 24.9 Å². The fraction of sp³-hybridized carbons (Fsp3) is 0.250. The van der Waals surface area contributed by atoms with Crippen molar-refractivity contribution in [2.24, 2.45) is 4.99 Å². The molecule has 0 aliphatic heterocycles. The van der Waals surface area contributed by atoms with Gasteiger partial charge < -0.3 is 15.1 Å². The van der Waals surface area contributed by atoms with Crippen molar-refractivity contribution >= 4 is 27.0 Å². The van der Waals surface area contributed by atoms with Crippen molar-refractivity contribution in [3.8, 4) is 0 Å². The van der Waals surface area contributed by atoms with E-state index in [1.165, 1.54) is 7.05 Å². The number of furan rings is 1. The van der Waals surface area contributed by atoms with Gasteiger partial charge in [-0.05, 0) is 37.7 Å². The molecule has 3 rings (SSSR count). The van der Waals surface area contributed by atoms with Crippen LogP contribution in [0.25, 0.3) is 11.0 Å². The monoisotopic (exact) mass is 400 g/mol. The SMILES string of the molecule is CN=C(NCc1ccc(S(=O)(=O)NC)cc1)NCc1oc2ccccc2c1C. The van der Waals surface area contributed by atoms with Crippen LogP contribution in [-0.2, 0) is 23.1 Å². The van der Waals surface area contributed by atoms with Crippen LogP contribution in [0.2, 0.25) is 0 Å². The molecule has 0 aliphatic rings. The molecule has 0 spiro atoms. The Kier molecular flexibility index (Phi) is 6.01. The second-order valence-corrected chi connectivity index (χ2v) is 8.16. The third kappa shape index (κ3) is 4.35. The van der Waals surface area contributed by atoms with Gasteiger partial charge in [-0.1, -0.05) is 30.3 Å². The lowest BCUT2D eigenvalue weighted by molar-refractivity contribution is 0.534. The van der Waals surface area contributed by atoms with Gasteiger partial charge in [-0.2, -0.15) is 0 Å². The summed E-state index contributed by atoms with van der Waals surface area (Å²) in [5.41, 5.74) is 2.93.